The smallest absolute Gasteiger partial charge is 0.326 e. The lowest BCUT2D eigenvalue weighted by Gasteiger charge is -2.17. The van der Waals surface area contributed by atoms with Crippen LogP contribution in [0, 0.1) is 16.0 Å². The van der Waals surface area contributed by atoms with E-state index in [1.165, 1.54) is 12.1 Å². The Labute approximate surface area is 107 Å². The maximum Gasteiger partial charge on any atom is 0.326 e. The van der Waals surface area contributed by atoms with Crippen LogP contribution < -0.4 is 5.32 Å². The molecule has 0 fully saturated rings. The number of hydrogen-bond donors (Lipinski definition) is 2. The molecule has 1 amide bonds. The summed E-state index contributed by atoms with van der Waals surface area (Å²) in [7, 11) is 0. The van der Waals surface area contributed by atoms with E-state index in [9.17, 15) is 19.7 Å². The Balaban J connectivity index is 2.80. The highest BCUT2D eigenvalue weighted by molar-refractivity contribution is 7.17. The van der Waals surface area contributed by atoms with Gasteiger partial charge < -0.3 is 10.4 Å². The molecule has 0 aromatic carbocycles. The molecule has 1 heterocycles. The summed E-state index contributed by atoms with van der Waals surface area (Å²) in [5, 5.41) is 21.6. The van der Waals surface area contributed by atoms with Crippen molar-refractivity contribution in [2.45, 2.75) is 19.9 Å². The fraction of sp³-hybridized carbons (Fsp3) is 0.400. The van der Waals surface area contributed by atoms with Gasteiger partial charge in [-0.25, -0.2) is 4.79 Å². The van der Waals surface area contributed by atoms with E-state index < -0.39 is 22.8 Å². The Bertz CT molecular complexity index is 482. The van der Waals surface area contributed by atoms with Crippen LogP contribution in [0.2, 0.25) is 0 Å². The minimum atomic E-state index is -1.13. The molecule has 0 spiro atoms. The minimum absolute atomic E-state index is 0.119. The summed E-state index contributed by atoms with van der Waals surface area (Å²) < 4.78 is 0. The topological polar surface area (TPSA) is 110 Å². The predicted molar refractivity (Wildman–Crippen MR) is 64.7 cm³/mol. The first kappa shape index (κ1) is 14.1. The number of rotatable bonds is 5. The third-order valence-electron chi connectivity index (χ3n) is 2.21. The van der Waals surface area contributed by atoms with E-state index >= 15 is 0 Å². The fourth-order valence-corrected chi connectivity index (χ4v) is 2.00. The molecule has 2 N–H and O–H groups in total. The molecule has 0 bridgehead atoms. The number of aliphatic carboxylic acids is 1. The molecule has 0 aliphatic rings. The molecule has 1 aromatic rings. The van der Waals surface area contributed by atoms with Crippen molar-refractivity contribution in [1.82, 2.24) is 5.32 Å². The van der Waals surface area contributed by atoms with Crippen molar-refractivity contribution in [3.63, 3.8) is 0 Å². The molecule has 98 valence electrons. The second kappa shape index (κ2) is 5.58. The van der Waals surface area contributed by atoms with E-state index in [1.54, 1.807) is 13.8 Å². The Morgan fingerprint density at radius 3 is 2.44 bits per heavy atom. The minimum Gasteiger partial charge on any atom is -0.480 e. The maximum atomic E-state index is 11.7. The van der Waals surface area contributed by atoms with E-state index in [0.29, 0.717) is 11.3 Å². The number of hydrogen-bond acceptors (Lipinski definition) is 5. The van der Waals surface area contributed by atoms with Gasteiger partial charge in [-0.15, -0.1) is 0 Å². The number of nitrogens with one attached hydrogen (secondary N) is 1. The molecule has 0 saturated heterocycles. The number of amides is 1. The van der Waals surface area contributed by atoms with Crippen LogP contribution in [0.25, 0.3) is 0 Å². The van der Waals surface area contributed by atoms with Crippen molar-refractivity contribution in [2.75, 3.05) is 0 Å². The largest absolute Gasteiger partial charge is 0.480 e. The van der Waals surface area contributed by atoms with Crippen LogP contribution in [0.4, 0.5) is 5.00 Å². The van der Waals surface area contributed by atoms with Crippen molar-refractivity contribution in [2.24, 2.45) is 5.92 Å². The summed E-state index contributed by atoms with van der Waals surface area (Å²) in [6.45, 7) is 3.33. The average molecular weight is 272 g/mol. The third-order valence-corrected chi connectivity index (χ3v) is 3.25. The zero-order chi connectivity index (χ0) is 13.9. The third kappa shape index (κ3) is 3.27. The van der Waals surface area contributed by atoms with Gasteiger partial charge in [0.05, 0.1) is 9.80 Å². The van der Waals surface area contributed by atoms with Gasteiger partial charge in [-0.1, -0.05) is 25.2 Å². The predicted octanol–water partition coefficient (Wildman–Crippen LogP) is 1.50. The van der Waals surface area contributed by atoms with Crippen LogP contribution in [0.5, 0.6) is 0 Å². The standard InChI is InChI=1S/C10H12N2O5S/c1-5(2)8(10(14)15)11-9(13)6-3-4-7(18-6)12(16)17/h3-5,8H,1-2H3,(H,11,13)(H,14,15)/t8-/m0/s1. The number of carboxylic acid groups (broad SMARTS) is 1. The molecule has 1 atom stereocenters. The first-order chi connectivity index (χ1) is 8.32. The van der Waals surface area contributed by atoms with Crippen LogP contribution in [0.1, 0.15) is 23.5 Å². The van der Waals surface area contributed by atoms with Crippen molar-refractivity contribution in [1.29, 1.82) is 0 Å². The van der Waals surface area contributed by atoms with E-state index in [-0.39, 0.29) is 15.8 Å². The Hall–Kier alpha value is -1.96. The van der Waals surface area contributed by atoms with Gasteiger partial charge in [-0.05, 0) is 12.0 Å². The molecule has 0 unspecified atom stereocenters. The van der Waals surface area contributed by atoms with Gasteiger partial charge in [0, 0.05) is 6.07 Å². The van der Waals surface area contributed by atoms with Crippen LogP contribution in [-0.2, 0) is 4.79 Å². The summed E-state index contributed by atoms with van der Waals surface area (Å²) in [5.41, 5.74) is 0. The highest BCUT2D eigenvalue weighted by Gasteiger charge is 2.25. The second-order valence-electron chi connectivity index (χ2n) is 3.93. The van der Waals surface area contributed by atoms with Crippen LogP contribution in [0.15, 0.2) is 12.1 Å². The number of thiophene rings is 1. The van der Waals surface area contributed by atoms with Crippen LogP contribution >= 0.6 is 11.3 Å². The molecule has 0 saturated carbocycles. The van der Waals surface area contributed by atoms with Gasteiger partial charge in [0.2, 0.25) is 0 Å². The molecule has 0 aliphatic carbocycles. The van der Waals surface area contributed by atoms with E-state index in [4.69, 9.17) is 5.11 Å². The maximum absolute atomic E-state index is 11.7. The van der Waals surface area contributed by atoms with Crippen molar-refractivity contribution >= 4 is 28.2 Å². The second-order valence-corrected chi connectivity index (χ2v) is 4.99. The fourth-order valence-electron chi connectivity index (χ4n) is 1.27. The molecule has 0 radical (unpaired) electrons. The molecule has 18 heavy (non-hydrogen) atoms. The van der Waals surface area contributed by atoms with Crippen LogP contribution in [-0.4, -0.2) is 27.9 Å². The molecule has 8 heteroatoms. The first-order valence-corrected chi connectivity index (χ1v) is 5.92. The monoisotopic (exact) mass is 272 g/mol. The van der Waals surface area contributed by atoms with Crippen molar-refractivity contribution in [3.8, 4) is 0 Å². The molecular weight excluding hydrogens is 260 g/mol. The van der Waals surface area contributed by atoms with Gasteiger partial charge in [0.1, 0.15) is 6.04 Å². The number of nitro groups is 1. The van der Waals surface area contributed by atoms with Gasteiger partial charge in [-0.3, -0.25) is 14.9 Å². The zero-order valence-corrected chi connectivity index (χ0v) is 10.6. The molecule has 1 rings (SSSR count). The van der Waals surface area contributed by atoms with E-state index in [0.717, 1.165) is 0 Å². The molecular formula is C10H12N2O5S. The number of carboxylic acids is 1. The van der Waals surface area contributed by atoms with Crippen molar-refractivity contribution < 1.29 is 19.6 Å². The Morgan fingerprint density at radius 1 is 1.44 bits per heavy atom. The van der Waals surface area contributed by atoms with Crippen LogP contribution in [0.3, 0.4) is 0 Å². The van der Waals surface area contributed by atoms with Gasteiger partial charge in [0.25, 0.3) is 5.91 Å². The normalized spacial score (nSPS) is 12.2. The average Bonchev–Trinajstić information content (AvgIpc) is 2.73. The van der Waals surface area contributed by atoms with Crippen molar-refractivity contribution in [3.05, 3.63) is 27.1 Å². The van der Waals surface area contributed by atoms with Gasteiger partial charge in [-0.2, -0.15) is 0 Å². The quantitative estimate of drug-likeness (QED) is 0.623. The Kier molecular flexibility index (Phi) is 4.38. The van der Waals surface area contributed by atoms with E-state index in [2.05, 4.69) is 5.32 Å². The number of carbonyl (C=O) groups excluding carboxylic acids is 1. The molecule has 7 nitrogen and oxygen atoms in total. The van der Waals surface area contributed by atoms with E-state index in [1.807, 2.05) is 0 Å². The highest BCUT2D eigenvalue weighted by Crippen LogP contribution is 2.23. The summed E-state index contributed by atoms with van der Waals surface area (Å²) in [4.78, 5) is 32.6. The SMILES string of the molecule is CC(C)[C@H](NC(=O)c1ccc([N+](=O)[O-])s1)C(=O)O. The summed E-state index contributed by atoms with van der Waals surface area (Å²) >= 11 is 0.710. The van der Waals surface area contributed by atoms with Gasteiger partial charge >= 0.3 is 11.0 Å². The number of carbonyl (C=O) groups is 2. The lowest BCUT2D eigenvalue weighted by molar-refractivity contribution is -0.380. The summed E-state index contributed by atoms with van der Waals surface area (Å²) in [5.74, 6) is -2.03. The Morgan fingerprint density at radius 2 is 2.06 bits per heavy atom. The summed E-state index contributed by atoms with van der Waals surface area (Å²) in [6.07, 6.45) is 0. The lowest BCUT2D eigenvalue weighted by atomic mass is 10.0. The zero-order valence-electron chi connectivity index (χ0n) is 9.75. The summed E-state index contributed by atoms with van der Waals surface area (Å²) in [6, 6.07) is 1.50. The lowest BCUT2D eigenvalue weighted by Crippen LogP contribution is -2.44. The first-order valence-electron chi connectivity index (χ1n) is 5.10. The molecule has 1 aromatic heterocycles. The highest BCUT2D eigenvalue weighted by atomic mass is 32.1. The van der Waals surface area contributed by atoms with Gasteiger partial charge in [0.15, 0.2) is 0 Å². The number of nitrogens with zero attached hydrogens (tertiary/aromatic N) is 1. The molecule has 0 aliphatic heterocycles.